The highest BCUT2D eigenvalue weighted by molar-refractivity contribution is 5.23. The monoisotopic (exact) mass is 279 g/mol. The number of hydrogen-bond donors (Lipinski definition) is 1. The second kappa shape index (κ2) is 6.91. The summed E-state index contributed by atoms with van der Waals surface area (Å²) >= 11 is 0. The first-order chi connectivity index (χ1) is 10.4. The molecule has 0 spiro atoms. The first-order valence-corrected chi connectivity index (χ1v) is 8.19. The van der Waals surface area contributed by atoms with Gasteiger partial charge >= 0.3 is 0 Å². The van der Waals surface area contributed by atoms with Crippen LogP contribution in [0.5, 0.6) is 0 Å². The maximum Gasteiger partial charge on any atom is 0.0262 e. The van der Waals surface area contributed by atoms with Crippen LogP contribution in [0.1, 0.15) is 36.8 Å². The van der Waals surface area contributed by atoms with E-state index in [4.69, 9.17) is 0 Å². The summed E-state index contributed by atoms with van der Waals surface area (Å²) in [5.41, 5.74) is 3.12. The largest absolute Gasteiger partial charge is 0.311 e. The lowest BCUT2D eigenvalue weighted by Crippen LogP contribution is -2.48. The van der Waals surface area contributed by atoms with Crippen LogP contribution in [0.15, 0.2) is 60.7 Å². The summed E-state index contributed by atoms with van der Waals surface area (Å²) in [4.78, 5) is 0. The van der Waals surface area contributed by atoms with E-state index < -0.39 is 0 Å². The van der Waals surface area contributed by atoms with Crippen LogP contribution < -0.4 is 5.32 Å². The summed E-state index contributed by atoms with van der Waals surface area (Å²) < 4.78 is 0. The number of hydrogen-bond acceptors (Lipinski definition) is 1. The van der Waals surface area contributed by atoms with Crippen molar-refractivity contribution in [2.75, 3.05) is 6.54 Å². The van der Waals surface area contributed by atoms with Gasteiger partial charge in [-0.3, -0.25) is 0 Å². The maximum absolute atomic E-state index is 3.89. The summed E-state index contributed by atoms with van der Waals surface area (Å²) in [6.45, 7) is 1.15. The van der Waals surface area contributed by atoms with Crippen molar-refractivity contribution in [3.63, 3.8) is 0 Å². The van der Waals surface area contributed by atoms with Gasteiger partial charge in [0.25, 0.3) is 0 Å². The second-order valence-corrected chi connectivity index (χ2v) is 6.34. The van der Waals surface area contributed by atoms with Crippen molar-refractivity contribution in [2.45, 2.75) is 44.1 Å². The van der Waals surface area contributed by atoms with Crippen LogP contribution in [0.25, 0.3) is 0 Å². The van der Waals surface area contributed by atoms with Crippen LogP contribution in [0.4, 0.5) is 0 Å². The Labute approximate surface area is 128 Å². The lowest BCUT2D eigenvalue weighted by atomic mass is 9.81. The van der Waals surface area contributed by atoms with E-state index in [1.807, 2.05) is 0 Å². The van der Waals surface area contributed by atoms with Crippen molar-refractivity contribution < 1.29 is 0 Å². The van der Waals surface area contributed by atoms with E-state index in [-0.39, 0.29) is 5.54 Å². The molecular formula is C20H25N. The molecule has 0 aromatic heterocycles. The van der Waals surface area contributed by atoms with Crippen molar-refractivity contribution >= 4 is 0 Å². The van der Waals surface area contributed by atoms with E-state index in [0.29, 0.717) is 0 Å². The molecule has 1 fully saturated rings. The lowest BCUT2D eigenvalue weighted by molar-refractivity contribution is 0.310. The van der Waals surface area contributed by atoms with Gasteiger partial charge in [0.15, 0.2) is 0 Å². The van der Waals surface area contributed by atoms with Gasteiger partial charge in [-0.1, -0.05) is 73.5 Å². The molecule has 0 saturated carbocycles. The van der Waals surface area contributed by atoms with Gasteiger partial charge in [0.1, 0.15) is 0 Å². The third-order valence-corrected chi connectivity index (χ3v) is 4.60. The van der Waals surface area contributed by atoms with Gasteiger partial charge in [-0.05, 0) is 43.4 Å². The Balaban J connectivity index is 1.83. The van der Waals surface area contributed by atoms with Crippen molar-refractivity contribution in [1.29, 1.82) is 0 Å². The molecule has 1 aliphatic rings. The number of nitrogens with one attached hydrogen (secondary N) is 1. The maximum atomic E-state index is 3.89. The smallest absolute Gasteiger partial charge is 0.0262 e. The lowest BCUT2D eigenvalue weighted by Gasteiger charge is -2.34. The van der Waals surface area contributed by atoms with Gasteiger partial charge in [0.05, 0.1) is 0 Å². The Bertz CT molecular complexity index is 481. The molecule has 0 atom stereocenters. The van der Waals surface area contributed by atoms with Gasteiger partial charge in [0.2, 0.25) is 0 Å². The Kier molecular flexibility index (Phi) is 4.72. The molecule has 110 valence electrons. The first-order valence-electron chi connectivity index (χ1n) is 8.19. The van der Waals surface area contributed by atoms with Crippen LogP contribution in [0.2, 0.25) is 0 Å². The zero-order chi connectivity index (χ0) is 14.4. The fourth-order valence-corrected chi connectivity index (χ4v) is 3.54. The predicted octanol–water partition coefficient (Wildman–Crippen LogP) is 4.37. The third kappa shape index (κ3) is 3.95. The van der Waals surface area contributed by atoms with Gasteiger partial charge in [-0.15, -0.1) is 0 Å². The summed E-state index contributed by atoms with van der Waals surface area (Å²) in [5.74, 6) is 0. The third-order valence-electron chi connectivity index (χ3n) is 4.60. The van der Waals surface area contributed by atoms with E-state index in [2.05, 4.69) is 66.0 Å². The molecule has 2 aromatic carbocycles. The molecule has 0 aliphatic carbocycles. The molecule has 0 radical (unpaired) electrons. The van der Waals surface area contributed by atoms with Crippen LogP contribution in [0.3, 0.4) is 0 Å². The summed E-state index contributed by atoms with van der Waals surface area (Å²) in [7, 11) is 0. The molecule has 1 aliphatic heterocycles. The molecule has 1 nitrogen and oxygen atoms in total. The highest BCUT2D eigenvalue weighted by Crippen LogP contribution is 2.27. The average Bonchev–Trinajstić information content (AvgIpc) is 2.75. The fraction of sp³-hybridized carbons (Fsp3) is 0.400. The van der Waals surface area contributed by atoms with E-state index in [1.165, 1.54) is 36.8 Å². The van der Waals surface area contributed by atoms with Crippen LogP contribution in [-0.4, -0.2) is 12.1 Å². The molecule has 0 unspecified atom stereocenters. The van der Waals surface area contributed by atoms with Crippen molar-refractivity contribution in [2.24, 2.45) is 0 Å². The Morgan fingerprint density at radius 2 is 1.29 bits per heavy atom. The Morgan fingerprint density at radius 3 is 1.86 bits per heavy atom. The molecule has 0 amide bonds. The minimum atomic E-state index is 0.221. The predicted molar refractivity (Wildman–Crippen MR) is 89.5 cm³/mol. The topological polar surface area (TPSA) is 12.0 Å². The van der Waals surface area contributed by atoms with Crippen LogP contribution >= 0.6 is 0 Å². The molecular weight excluding hydrogens is 254 g/mol. The molecule has 1 heteroatoms. The Hall–Kier alpha value is -1.60. The van der Waals surface area contributed by atoms with Crippen molar-refractivity contribution in [1.82, 2.24) is 5.32 Å². The molecule has 3 rings (SSSR count). The van der Waals surface area contributed by atoms with Crippen molar-refractivity contribution in [3.05, 3.63) is 71.8 Å². The molecule has 1 N–H and O–H groups in total. The first kappa shape index (κ1) is 14.3. The molecule has 1 saturated heterocycles. The van der Waals surface area contributed by atoms with Gasteiger partial charge in [-0.2, -0.15) is 0 Å². The molecule has 1 heterocycles. The summed E-state index contributed by atoms with van der Waals surface area (Å²) in [5, 5.41) is 3.89. The molecule has 2 aromatic rings. The molecule has 0 bridgehead atoms. The van der Waals surface area contributed by atoms with Crippen LogP contribution in [0, 0.1) is 0 Å². The van der Waals surface area contributed by atoms with Crippen LogP contribution in [-0.2, 0) is 12.8 Å². The number of rotatable bonds is 4. The zero-order valence-corrected chi connectivity index (χ0v) is 12.7. The normalized spacial score (nSPS) is 18.1. The standard InChI is InChI=1S/C20H25N/c1-4-10-18(11-5-1)16-20(14-8-3-9-15-21-20)17-19-12-6-2-7-13-19/h1-2,4-7,10-13,21H,3,8-9,14-17H2. The fourth-order valence-electron chi connectivity index (χ4n) is 3.54. The SMILES string of the molecule is c1ccc(CC2(Cc3ccccc3)CCCCCN2)cc1. The molecule has 21 heavy (non-hydrogen) atoms. The Morgan fingerprint density at radius 1 is 0.714 bits per heavy atom. The van der Waals surface area contributed by atoms with Gasteiger partial charge in [0, 0.05) is 5.54 Å². The van der Waals surface area contributed by atoms with E-state index in [1.54, 1.807) is 0 Å². The minimum Gasteiger partial charge on any atom is -0.311 e. The van der Waals surface area contributed by atoms with Gasteiger partial charge in [-0.25, -0.2) is 0 Å². The van der Waals surface area contributed by atoms with E-state index >= 15 is 0 Å². The summed E-state index contributed by atoms with van der Waals surface area (Å²) in [6.07, 6.45) is 7.54. The highest BCUT2D eigenvalue weighted by Gasteiger charge is 2.30. The quantitative estimate of drug-likeness (QED) is 0.876. The van der Waals surface area contributed by atoms with Gasteiger partial charge < -0.3 is 5.32 Å². The summed E-state index contributed by atoms with van der Waals surface area (Å²) in [6, 6.07) is 21.9. The van der Waals surface area contributed by atoms with E-state index in [0.717, 1.165) is 19.4 Å². The average molecular weight is 279 g/mol. The highest BCUT2D eigenvalue weighted by atomic mass is 15.0. The second-order valence-electron chi connectivity index (χ2n) is 6.34. The minimum absolute atomic E-state index is 0.221. The van der Waals surface area contributed by atoms with E-state index in [9.17, 15) is 0 Å². The number of benzene rings is 2. The van der Waals surface area contributed by atoms with Crippen molar-refractivity contribution in [3.8, 4) is 0 Å². The zero-order valence-electron chi connectivity index (χ0n) is 12.7.